The molecule has 0 bridgehead atoms. The molecule has 110 valence electrons. The normalized spacial score (nSPS) is 20.2. The summed E-state index contributed by atoms with van der Waals surface area (Å²) in [5.41, 5.74) is 2.52. The van der Waals surface area contributed by atoms with E-state index >= 15 is 0 Å². The first kappa shape index (κ1) is 13.5. The largest absolute Gasteiger partial charge is 0.348 e. The van der Waals surface area contributed by atoms with E-state index in [4.69, 9.17) is 0 Å². The minimum absolute atomic E-state index is 0.202. The van der Waals surface area contributed by atoms with Gasteiger partial charge in [0, 0.05) is 4.47 Å². The Morgan fingerprint density at radius 3 is 2.55 bits per heavy atom. The smallest absolute Gasteiger partial charge is 0.222 e. The number of hydrogen-bond acceptors (Lipinski definition) is 3. The third-order valence-corrected chi connectivity index (χ3v) is 4.62. The van der Waals surface area contributed by atoms with Gasteiger partial charge in [0.15, 0.2) is 0 Å². The van der Waals surface area contributed by atoms with Crippen LogP contribution in [-0.4, -0.2) is 14.8 Å². The second kappa shape index (κ2) is 5.57. The van der Waals surface area contributed by atoms with Crippen molar-refractivity contribution in [2.24, 2.45) is 0 Å². The highest BCUT2D eigenvalue weighted by Gasteiger charge is 2.29. The number of nitrogens with one attached hydrogen (secondary N) is 1. The van der Waals surface area contributed by atoms with E-state index in [1.165, 1.54) is 11.1 Å². The standard InChI is InChI=1S/C17H15BrN4/c18-14-8-6-12(7-9-14)15-10-16(13-4-2-1-3-5-13)22-17(21-15)19-11-20-22/h1-9,11,15-16H,10H2,(H,19,20,21)/t15-,16-/m0/s1. The average Bonchev–Trinajstić information content (AvgIpc) is 3.04. The van der Waals surface area contributed by atoms with Crippen LogP contribution in [0.5, 0.6) is 0 Å². The Morgan fingerprint density at radius 1 is 1.00 bits per heavy atom. The van der Waals surface area contributed by atoms with Crippen molar-refractivity contribution in [2.75, 3.05) is 5.32 Å². The number of nitrogens with zero attached hydrogens (tertiary/aromatic N) is 3. The molecular formula is C17H15BrN4. The van der Waals surface area contributed by atoms with E-state index in [1.807, 2.05) is 10.7 Å². The SMILES string of the molecule is Brc1ccc([C@@H]2C[C@@H](c3ccccc3)n3ncnc3N2)cc1. The number of hydrogen-bond donors (Lipinski definition) is 1. The van der Waals surface area contributed by atoms with E-state index < -0.39 is 0 Å². The highest BCUT2D eigenvalue weighted by molar-refractivity contribution is 9.10. The average molecular weight is 355 g/mol. The van der Waals surface area contributed by atoms with Gasteiger partial charge in [-0.05, 0) is 29.7 Å². The van der Waals surface area contributed by atoms with Gasteiger partial charge in [0.25, 0.3) is 0 Å². The zero-order valence-corrected chi connectivity index (χ0v) is 13.4. The minimum Gasteiger partial charge on any atom is -0.348 e. The number of halogens is 1. The summed E-state index contributed by atoms with van der Waals surface area (Å²) in [7, 11) is 0. The van der Waals surface area contributed by atoms with Crippen molar-refractivity contribution in [2.45, 2.75) is 18.5 Å². The van der Waals surface area contributed by atoms with E-state index in [0.29, 0.717) is 0 Å². The molecule has 2 aromatic carbocycles. The topological polar surface area (TPSA) is 42.7 Å². The molecule has 0 spiro atoms. The van der Waals surface area contributed by atoms with Gasteiger partial charge in [-0.2, -0.15) is 10.1 Å². The van der Waals surface area contributed by atoms with Gasteiger partial charge in [-0.15, -0.1) is 0 Å². The molecule has 3 aromatic rings. The summed E-state index contributed by atoms with van der Waals surface area (Å²) >= 11 is 3.49. The van der Waals surface area contributed by atoms with Crippen LogP contribution < -0.4 is 5.32 Å². The van der Waals surface area contributed by atoms with Gasteiger partial charge in [-0.25, -0.2) is 4.68 Å². The molecule has 1 N–H and O–H groups in total. The summed E-state index contributed by atoms with van der Waals surface area (Å²) in [5.74, 6) is 0.827. The molecule has 0 amide bonds. The number of fused-ring (bicyclic) bond motifs is 1. The van der Waals surface area contributed by atoms with Crippen LogP contribution in [0.4, 0.5) is 5.95 Å². The molecule has 1 aromatic heterocycles. The third-order valence-electron chi connectivity index (χ3n) is 4.09. The fourth-order valence-corrected chi connectivity index (χ4v) is 3.25. The first-order valence-corrected chi connectivity index (χ1v) is 8.07. The Kier molecular flexibility index (Phi) is 3.42. The maximum Gasteiger partial charge on any atom is 0.222 e. The van der Waals surface area contributed by atoms with Gasteiger partial charge in [0.1, 0.15) is 6.33 Å². The van der Waals surface area contributed by atoms with Gasteiger partial charge in [-0.1, -0.05) is 58.4 Å². The lowest BCUT2D eigenvalue weighted by Gasteiger charge is -2.31. The van der Waals surface area contributed by atoms with Gasteiger partial charge >= 0.3 is 0 Å². The highest BCUT2D eigenvalue weighted by atomic mass is 79.9. The van der Waals surface area contributed by atoms with E-state index in [1.54, 1.807) is 6.33 Å². The van der Waals surface area contributed by atoms with Crippen LogP contribution in [-0.2, 0) is 0 Å². The fourth-order valence-electron chi connectivity index (χ4n) is 2.99. The van der Waals surface area contributed by atoms with Crippen LogP contribution in [0, 0.1) is 0 Å². The van der Waals surface area contributed by atoms with Crippen molar-refractivity contribution in [1.29, 1.82) is 0 Å². The maximum absolute atomic E-state index is 4.39. The first-order valence-electron chi connectivity index (χ1n) is 7.28. The van der Waals surface area contributed by atoms with Crippen LogP contribution in [0.2, 0.25) is 0 Å². The maximum atomic E-state index is 4.39. The highest BCUT2D eigenvalue weighted by Crippen LogP contribution is 2.37. The Morgan fingerprint density at radius 2 is 1.77 bits per heavy atom. The lowest BCUT2D eigenvalue weighted by atomic mass is 9.93. The number of anilines is 1. The second-order valence-electron chi connectivity index (χ2n) is 5.44. The zero-order chi connectivity index (χ0) is 14.9. The molecular weight excluding hydrogens is 340 g/mol. The van der Waals surface area contributed by atoms with Crippen LogP contribution in [0.1, 0.15) is 29.6 Å². The second-order valence-corrected chi connectivity index (χ2v) is 6.35. The molecule has 2 atom stereocenters. The molecule has 1 aliphatic rings. The number of benzene rings is 2. The molecule has 0 unspecified atom stereocenters. The Hall–Kier alpha value is -2.14. The minimum atomic E-state index is 0.202. The molecule has 2 heterocycles. The Balaban J connectivity index is 1.72. The van der Waals surface area contributed by atoms with Crippen molar-refractivity contribution >= 4 is 21.9 Å². The Bertz CT molecular complexity index is 767. The molecule has 0 radical (unpaired) electrons. The van der Waals surface area contributed by atoms with Gasteiger partial charge in [-0.3, -0.25) is 0 Å². The van der Waals surface area contributed by atoms with Gasteiger partial charge in [0.2, 0.25) is 5.95 Å². The molecule has 0 saturated carbocycles. The summed E-state index contributed by atoms with van der Waals surface area (Å²) in [5, 5.41) is 7.88. The lowest BCUT2D eigenvalue weighted by Crippen LogP contribution is -2.28. The van der Waals surface area contributed by atoms with Crippen molar-refractivity contribution in [1.82, 2.24) is 14.8 Å². The molecule has 22 heavy (non-hydrogen) atoms. The van der Waals surface area contributed by atoms with Crippen molar-refractivity contribution in [3.8, 4) is 0 Å². The van der Waals surface area contributed by atoms with Crippen LogP contribution >= 0.6 is 15.9 Å². The van der Waals surface area contributed by atoms with Crippen LogP contribution in [0.15, 0.2) is 65.4 Å². The lowest BCUT2D eigenvalue weighted by molar-refractivity contribution is 0.431. The third kappa shape index (κ3) is 2.41. The Labute approximate surface area is 137 Å². The van der Waals surface area contributed by atoms with E-state index in [9.17, 15) is 0 Å². The molecule has 1 aliphatic heterocycles. The predicted molar refractivity (Wildman–Crippen MR) is 89.7 cm³/mol. The van der Waals surface area contributed by atoms with Crippen molar-refractivity contribution < 1.29 is 0 Å². The summed E-state index contributed by atoms with van der Waals surface area (Å²) in [6.45, 7) is 0. The predicted octanol–water partition coefficient (Wildman–Crippen LogP) is 4.19. The summed E-state index contributed by atoms with van der Waals surface area (Å²) in [6, 6.07) is 19.4. The number of rotatable bonds is 2. The summed E-state index contributed by atoms with van der Waals surface area (Å²) in [4.78, 5) is 4.36. The first-order chi connectivity index (χ1) is 10.8. The zero-order valence-electron chi connectivity index (χ0n) is 11.9. The van der Waals surface area contributed by atoms with E-state index in [-0.39, 0.29) is 12.1 Å². The molecule has 0 fully saturated rings. The van der Waals surface area contributed by atoms with Gasteiger partial charge < -0.3 is 5.32 Å². The molecule has 0 saturated heterocycles. The molecule has 0 aliphatic carbocycles. The molecule has 4 rings (SSSR count). The van der Waals surface area contributed by atoms with Gasteiger partial charge in [0.05, 0.1) is 12.1 Å². The van der Waals surface area contributed by atoms with Crippen LogP contribution in [0.3, 0.4) is 0 Å². The molecule has 5 heteroatoms. The fraction of sp³-hybridized carbons (Fsp3) is 0.176. The van der Waals surface area contributed by atoms with E-state index in [0.717, 1.165) is 16.8 Å². The summed E-state index contributed by atoms with van der Waals surface area (Å²) in [6.07, 6.45) is 2.56. The van der Waals surface area contributed by atoms with Crippen molar-refractivity contribution in [3.05, 3.63) is 76.5 Å². The van der Waals surface area contributed by atoms with Crippen LogP contribution in [0.25, 0.3) is 0 Å². The monoisotopic (exact) mass is 354 g/mol. The molecule has 4 nitrogen and oxygen atoms in total. The van der Waals surface area contributed by atoms with E-state index in [2.05, 4.69) is 79.9 Å². The quantitative estimate of drug-likeness (QED) is 0.750. The van der Waals surface area contributed by atoms with Crippen molar-refractivity contribution in [3.63, 3.8) is 0 Å². The number of aromatic nitrogens is 3. The summed E-state index contributed by atoms with van der Waals surface area (Å²) < 4.78 is 3.07.